The number of halogens is 1. The molecule has 0 atom stereocenters. The molecule has 0 aliphatic carbocycles. The number of nitrogens with one attached hydrogen (secondary N) is 2. The average Bonchev–Trinajstić information content (AvgIpc) is 2.82. The van der Waals surface area contributed by atoms with Gasteiger partial charge >= 0.3 is 0 Å². The highest BCUT2D eigenvalue weighted by Gasteiger charge is 2.06. The van der Waals surface area contributed by atoms with E-state index in [0.717, 1.165) is 27.0 Å². The molecule has 3 aromatic rings. The van der Waals surface area contributed by atoms with E-state index in [1.54, 1.807) is 6.33 Å². The summed E-state index contributed by atoms with van der Waals surface area (Å²) < 4.78 is 1.02. The molecule has 2 heterocycles. The second kappa shape index (κ2) is 4.42. The zero-order valence-electron chi connectivity index (χ0n) is 9.74. The van der Waals surface area contributed by atoms with Crippen molar-refractivity contribution in [1.82, 2.24) is 15.0 Å². The monoisotopic (exact) mass is 302 g/mol. The third-order valence-corrected chi connectivity index (χ3v) is 3.39. The molecule has 0 radical (unpaired) electrons. The number of anilines is 2. The molecule has 0 fully saturated rings. The molecule has 0 bridgehead atoms. The Morgan fingerprint density at radius 2 is 2.11 bits per heavy atom. The van der Waals surface area contributed by atoms with Crippen molar-refractivity contribution in [2.45, 2.75) is 6.92 Å². The van der Waals surface area contributed by atoms with Gasteiger partial charge in [-0.1, -0.05) is 6.07 Å². The predicted octanol–water partition coefficient (Wildman–Crippen LogP) is 3.77. The van der Waals surface area contributed by atoms with E-state index in [-0.39, 0.29) is 0 Å². The molecule has 2 N–H and O–H groups in total. The number of benzene rings is 1. The average molecular weight is 303 g/mol. The van der Waals surface area contributed by atoms with Crippen LogP contribution >= 0.6 is 15.9 Å². The van der Waals surface area contributed by atoms with Crippen molar-refractivity contribution in [3.05, 3.63) is 46.8 Å². The summed E-state index contributed by atoms with van der Waals surface area (Å²) in [6.45, 7) is 2.06. The van der Waals surface area contributed by atoms with Gasteiger partial charge in [-0.3, -0.25) is 0 Å². The van der Waals surface area contributed by atoms with E-state index >= 15 is 0 Å². The number of hydrogen-bond acceptors (Lipinski definition) is 3. The topological polar surface area (TPSA) is 53.6 Å². The Bertz CT molecular complexity index is 705. The summed E-state index contributed by atoms with van der Waals surface area (Å²) in [5.41, 5.74) is 3.03. The zero-order valence-corrected chi connectivity index (χ0v) is 11.3. The molecular weight excluding hydrogens is 292 g/mol. The van der Waals surface area contributed by atoms with Crippen LogP contribution in [0.1, 0.15) is 5.56 Å². The number of rotatable bonds is 2. The van der Waals surface area contributed by atoms with E-state index in [9.17, 15) is 0 Å². The Balaban J connectivity index is 2.03. The van der Waals surface area contributed by atoms with E-state index < -0.39 is 0 Å². The number of nitrogens with zero attached hydrogens (tertiary/aromatic N) is 2. The largest absolute Gasteiger partial charge is 0.346 e. The van der Waals surface area contributed by atoms with Crippen molar-refractivity contribution in [3.8, 4) is 0 Å². The van der Waals surface area contributed by atoms with Gasteiger partial charge in [0, 0.05) is 10.7 Å². The highest BCUT2D eigenvalue weighted by Crippen LogP contribution is 2.28. The van der Waals surface area contributed by atoms with Crippen LogP contribution in [-0.2, 0) is 0 Å². The molecule has 0 aliphatic heterocycles. The Labute approximate surface area is 113 Å². The van der Waals surface area contributed by atoms with Crippen molar-refractivity contribution in [1.29, 1.82) is 0 Å². The standard InChI is InChI=1S/C13H11BrN4/c1-8-2-3-11(10(14)6-8)18-13-9-4-5-15-12(9)16-7-17-13/h2-7H,1H3,(H2,15,16,17,18). The lowest BCUT2D eigenvalue weighted by Crippen LogP contribution is -1.96. The van der Waals surface area contributed by atoms with Crippen molar-refractivity contribution in [2.24, 2.45) is 0 Å². The van der Waals surface area contributed by atoms with E-state index in [4.69, 9.17) is 0 Å². The van der Waals surface area contributed by atoms with Gasteiger partial charge in [-0.15, -0.1) is 0 Å². The first-order chi connectivity index (χ1) is 8.74. The van der Waals surface area contributed by atoms with E-state index in [2.05, 4.69) is 55.3 Å². The molecular formula is C13H11BrN4. The second-order valence-electron chi connectivity index (χ2n) is 4.07. The summed E-state index contributed by atoms with van der Waals surface area (Å²) in [4.78, 5) is 11.5. The highest BCUT2D eigenvalue weighted by molar-refractivity contribution is 9.10. The van der Waals surface area contributed by atoms with Gasteiger partial charge in [-0.25, -0.2) is 9.97 Å². The van der Waals surface area contributed by atoms with Crippen LogP contribution in [0.3, 0.4) is 0 Å². The summed E-state index contributed by atoms with van der Waals surface area (Å²) in [7, 11) is 0. The number of hydrogen-bond donors (Lipinski definition) is 2. The number of aryl methyl sites for hydroxylation is 1. The van der Waals surface area contributed by atoms with Gasteiger partial charge in [0.05, 0.1) is 11.1 Å². The number of aromatic nitrogens is 3. The van der Waals surface area contributed by atoms with Crippen LogP contribution in [0.2, 0.25) is 0 Å². The van der Waals surface area contributed by atoms with E-state index in [0.29, 0.717) is 0 Å². The fourth-order valence-corrected chi connectivity index (χ4v) is 2.41. The normalized spacial score (nSPS) is 10.8. The highest BCUT2D eigenvalue weighted by atomic mass is 79.9. The second-order valence-corrected chi connectivity index (χ2v) is 4.92. The molecule has 0 spiro atoms. The molecule has 0 unspecified atom stereocenters. The third-order valence-electron chi connectivity index (χ3n) is 2.73. The minimum absolute atomic E-state index is 0.797. The fourth-order valence-electron chi connectivity index (χ4n) is 1.82. The minimum Gasteiger partial charge on any atom is -0.346 e. The van der Waals surface area contributed by atoms with Gasteiger partial charge in [-0.05, 0) is 46.6 Å². The smallest absolute Gasteiger partial charge is 0.143 e. The van der Waals surface area contributed by atoms with E-state index in [1.807, 2.05) is 18.3 Å². The molecule has 0 saturated heterocycles. The quantitative estimate of drug-likeness (QED) is 0.757. The summed E-state index contributed by atoms with van der Waals surface area (Å²) >= 11 is 3.55. The first-order valence-corrected chi connectivity index (χ1v) is 6.34. The lowest BCUT2D eigenvalue weighted by Gasteiger charge is -2.09. The van der Waals surface area contributed by atoms with Crippen LogP contribution in [0.4, 0.5) is 11.5 Å². The van der Waals surface area contributed by atoms with Gasteiger partial charge in [0.25, 0.3) is 0 Å². The molecule has 4 nitrogen and oxygen atoms in total. The Hall–Kier alpha value is -1.88. The molecule has 1 aromatic carbocycles. The Morgan fingerprint density at radius 1 is 1.22 bits per heavy atom. The first-order valence-electron chi connectivity index (χ1n) is 5.55. The van der Waals surface area contributed by atoms with Crippen LogP contribution in [0.15, 0.2) is 41.3 Å². The molecule has 2 aromatic heterocycles. The third kappa shape index (κ3) is 1.97. The molecule has 90 valence electrons. The van der Waals surface area contributed by atoms with Gasteiger partial charge in [0.2, 0.25) is 0 Å². The van der Waals surface area contributed by atoms with Gasteiger partial charge in [-0.2, -0.15) is 0 Å². The van der Waals surface area contributed by atoms with Gasteiger partial charge in [0.1, 0.15) is 17.8 Å². The van der Waals surface area contributed by atoms with Crippen molar-refractivity contribution >= 4 is 38.5 Å². The van der Waals surface area contributed by atoms with Gasteiger partial charge < -0.3 is 10.3 Å². The SMILES string of the molecule is Cc1ccc(Nc2ncnc3[nH]ccc23)c(Br)c1. The summed E-state index contributed by atoms with van der Waals surface area (Å²) in [5.74, 6) is 0.797. The maximum absolute atomic E-state index is 4.27. The lowest BCUT2D eigenvalue weighted by molar-refractivity contribution is 1.20. The van der Waals surface area contributed by atoms with Crippen LogP contribution in [0.5, 0.6) is 0 Å². The van der Waals surface area contributed by atoms with Crippen LogP contribution < -0.4 is 5.32 Å². The minimum atomic E-state index is 0.797. The molecule has 0 saturated carbocycles. The number of aromatic amines is 1. The maximum atomic E-state index is 4.27. The van der Waals surface area contributed by atoms with Crippen LogP contribution in [0, 0.1) is 6.92 Å². The number of fused-ring (bicyclic) bond motifs is 1. The Kier molecular flexibility index (Phi) is 2.76. The van der Waals surface area contributed by atoms with Crippen molar-refractivity contribution in [3.63, 3.8) is 0 Å². The predicted molar refractivity (Wildman–Crippen MR) is 76.1 cm³/mol. The van der Waals surface area contributed by atoms with Crippen LogP contribution in [-0.4, -0.2) is 15.0 Å². The van der Waals surface area contributed by atoms with E-state index in [1.165, 1.54) is 5.56 Å². The van der Waals surface area contributed by atoms with Crippen LogP contribution in [0.25, 0.3) is 11.0 Å². The Morgan fingerprint density at radius 3 is 2.94 bits per heavy atom. The molecule has 0 amide bonds. The maximum Gasteiger partial charge on any atom is 0.143 e. The first kappa shape index (κ1) is 11.2. The van der Waals surface area contributed by atoms with Crippen molar-refractivity contribution in [2.75, 3.05) is 5.32 Å². The van der Waals surface area contributed by atoms with Crippen molar-refractivity contribution < 1.29 is 0 Å². The zero-order chi connectivity index (χ0) is 12.5. The van der Waals surface area contributed by atoms with Gasteiger partial charge in [0.15, 0.2) is 0 Å². The molecule has 5 heteroatoms. The summed E-state index contributed by atoms with van der Waals surface area (Å²) in [5, 5.41) is 4.29. The fraction of sp³-hybridized carbons (Fsp3) is 0.0769. The molecule has 3 rings (SSSR count). The lowest BCUT2D eigenvalue weighted by atomic mass is 10.2. The summed E-state index contributed by atoms with van der Waals surface area (Å²) in [6.07, 6.45) is 3.40. The summed E-state index contributed by atoms with van der Waals surface area (Å²) in [6, 6.07) is 8.11. The molecule has 18 heavy (non-hydrogen) atoms. The number of H-pyrrole nitrogens is 1. The molecule has 0 aliphatic rings.